The summed E-state index contributed by atoms with van der Waals surface area (Å²) in [6.07, 6.45) is 1.77. The Labute approximate surface area is 183 Å². The summed E-state index contributed by atoms with van der Waals surface area (Å²) >= 11 is 0. The van der Waals surface area contributed by atoms with Gasteiger partial charge in [-0.15, -0.1) is 0 Å². The average Bonchev–Trinajstić information content (AvgIpc) is 3.33. The molecule has 7 heteroatoms. The van der Waals surface area contributed by atoms with Crippen LogP contribution >= 0.6 is 0 Å². The summed E-state index contributed by atoms with van der Waals surface area (Å²) in [7, 11) is -3.51. The van der Waals surface area contributed by atoms with Gasteiger partial charge >= 0.3 is 0 Å². The van der Waals surface area contributed by atoms with E-state index in [1.54, 1.807) is 18.2 Å². The van der Waals surface area contributed by atoms with Crippen LogP contribution in [0.2, 0.25) is 0 Å². The van der Waals surface area contributed by atoms with E-state index in [-0.39, 0.29) is 23.4 Å². The molecule has 0 radical (unpaired) electrons. The van der Waals surface area contributed by atoms with Crippen molar-refractivity contribution in [2.24, 2.45) is 0 Å². The number of anilines is 1. The van der Waals surface area contributed by atoms with Crippen LogP contribution in [0.1, 0.15) is 31.4 Å². The molecular formula is C24H27N3O3S. The highest BCUT2D eigenvalue weighted by molar-refractivity contribution is 7.89. The number of hydrogen-bond donors (Lipinski definition) is 2. The lowest BCUT2D eigenvalue weighted by Crippen LogP contribution is -2.30. The minimum atomic E-state index is -3.51. The molecule has 6 nitrogen and oxygen atoms in total. The van der Waals surface area contributed by atoms with Gasteiger partial charge in [0.15, 0.2) is 0 Å². The maximum absolute atomic E-state index is 12.7. The topological polar surface area (TPSA) is 78.5 Å². The molecule has 1 saturated heterocycles. The molecule has 1 atom stereocenters. The van der Waals surface area contributed by atoms with E-state index in [2.05, 4.69) is 41.0 Å². The fourth-order valence-corrected chi connectivity index (χ4v) is 5.42. The minimum Gasteiger partial charge on any atom is -0.325 e. The smallest absolute Gasteiger partial charge is 0.243 e. The standard InChI is InChI=1S/C24H27N3O3S/c1-18(20-12-11-19-7-2-3-8-21(19)15-20)25-17-24(28)26-22-9-6-10-23(16-22)31(29,30)27-13-4-5-14-27/h2-3,6-12,15-16,18,25H,4-5,13-14,17H2,1H3,(H,26,28)/t18-/m1/s1. The Morgan fingerprint density at radius 2 is 1.71 bits per heavy atom. The van der Waals surface area contributed by atoms with Crippen LogP contribution in [0.25, 0.3) is 10.8 Å². The number of fused-ring (bicyclic) bond motifs is 1. The first-order valence-corrected chi connectivity index (χ1v) is 12.0. The summed E-state index contributed by atoms with van der Waals surface area (Å²) in [5.41, 5.74) is 1.58. The fourth-order valence-electron chi connectivity index (χ4n) is 3.86. The van der Waals surface area contributed by atoms with Crippen molar-refractivity contribution in [3.8, 4) is 0 Å². The summed E-state index contributed by atoms with van der Waals surface area (Å²) in [5, 5.41) is 8.37. The molecule has 0 aromatic heterocycles. The first kappa shape index (κ1) is 21.5. The number of carbonyl (C=O) groups excluding carboxylic acids is 1. The van der Waals surface area contributed by atoms with E-state index in [0.29, 0.717) is 18.8 Å². The highest BCUT2D eigenvalue weighted by atomic mass is 32.2. The Hall–Kier alpha value is -2.74. The van der Waals surface area contributed by atoms with Gasteiger partial charge in [0, 0.05) is 24.8 Å². The number of hydrogen-bond acceptors (Lipinski definition) is 4. The van der Waals surface area contributed by atoms with Crippen molar-refractivity contribution in [2.45, 2.75) is 30.7 Å². The zero-order chi connectivity index (χ0) is 21.8. The molecule has 1 heterocycles. The largest absolute Gasteiger partial charge is 0.325 e. The van der Waals surface area contributed by atoms with Crippen LogP contribution in [-0.2, 0) is 14.8 Å². The van der Waals surface area contributed by atoms with Crippen LogP contribution in [0.5, 0.6) is 0 Å². The van der Waals surface area contributed by atoms with Crippen LogP contribution in [0.3, 0.4) is 0 Å². The van der Waals surface area contributed by atoms with Crippen molar-refractivity contribution in [3.63, 3.8) is 0 Å². The monoisotopic (exact) mass is 437 g/mol. The second-order valence-corrected chi connectivity index (χ2v) is 9.83. The van der Waals surface area contributed by atoms with E-state index in [4.69, 9.17) is 0 Å². The Morgan fingerprint density at radius 3 is 2.48 bits per heavy atom. The molecule has 4 rings (SSSR count). The van der Waals surface area contributed by atoms with Gasteiger partial charge < -0.3 is 10.6 Å². The molecular weight excluding hydrogens is 410 g/mol. The van der Waals surface area contributed by atoms with Crippen LogP contribution in [0, 0.1) is 0 Å². The fraction of sp³-hybridized carbons (Fsp3) is 0.292. The number of benzene rings is 3. The molecule has 31 heavy (non-hydrogen) atoms. The number of carbonyl (C=O) groups is 1. The zero-order valence-corrected chi connectivity index (χ0v) is 18.4. The lowest BCUT2D eigenvalue weighted by Gasteiger charge is -2.17. The zero-order valence-electron chi connectivity index (χ0n) is 17.5. The first-order chi connectivity index (χ1) is 14.9. The Bertz CT molecular complexity index is 1190. The lowest BCUT2D eigenvalue weighted by molar-refractivity contribution is -0.115. The van der Waals surface area contributed by atoms with Gasteiger partial charge in [-0.3, -0.25) is 4.79 Å². The van der Waals surface area contributed by atoms with Crippen molar-refractivity contribution in [3.05, 3.63) is 72.3 Å². The first-order valence-electron chi connectivity index (χ1n) is 10.6. The quantitative estimate of drug-likeness (QED) is 0.587. The maximum atomic E-state index is 12.7. The van der Waals surface area contributed by atoms with E-state index in [1.807, 2.05) is 19.1 Å². The summed E-state index contributed by atoms with van der Waals surface area (Å²) in [6.45, 7) is 3.24. The number of sulfonamides is 1. The summed E-state index contributed by atoms with van der Waals surface area (Å²) in [5.74, 6) is -0.219. The predicted octanol–water partition coefficient (Wildman–Crippen LogP) is 3.91. The van der Waals surface area contributed by atoms with Crippen LogP contribution in [0.15, 0.2) is 71.6 Å². The molecule has 0 aliphatic carbocycles. The lowest BCUT2D eigenvalue weighted by atomic mass is 10.0. The minimum absolute atomic E-state index is 0.00256. The second kappa shape index (κ2) is 9.18. The van der Waals surface area contributed by atoms with Crippen LogP contribution in [0.4, 0.5) is 5.69 Å². The van der Waals surface area contributed by atoms with Gasteiger partial charge in [0.1, 0.15) is 0 Å². The Balaban J connectivity index is 1.37. The molecule has 1 amide bonds. The van der Waals surface area contributed by atoms with Gasteiger partial charge in [0.25, 0.3) is 0 Å². The van der Waals surface area contributed by atoms with E-state index in [0.717, 1.165) is 23.8 Å². The van der Waals surface area contributed by atoms with Gasteiger partial charge in [-0.25, -0.2) is 8.42 Å². The van der Waals surface area contributed by atoms with Crippen molar-refractivity contribution in [1.29, 1.82) is 0 Å². The van der Waals surface area contributed by atoms with Crippen molar-refractivity contribution < 1.29 is 13.2 Å². The third-order valence-corrected chi connectivity index (χ3v) is 7.56. The number of nitrogens with zero attached hydrogens (tertiary/aromatic N) is 1. The predicted molar refractivity (Wildman–Crippen MR) is 123 cm³/mol. The molecule has 0 unspecified atom stereocenters. The Kier molecular flexibility index (Phi) is 6.36. The number of amides is 1. The molecule has 162 valence electrons. The van der Waals surface area contributed by atoms with Crippen molar-refractivity contribution in [2.75, 3.05) is 25.0 Å². The molecule has 0 saturated carbocycles. The van der Waals surface area contributed by atoms with Gasteiger partial charge in [-0.2, -0.15) is 4.31 Å². The van der Waals surface area contributed by atoms with Crippen LogP contribution < -0.4 is 10.6 Å². The third-order valence-electron chi connectivity index (χ3n) is 5.66. The molecule has 0 spiro atoms. The van der Waals surface area contributed by atoms with Gasteiger partial charge in [0.05, 0.1) is 11.4 Å². The van der Waals surface area contributed by atoms with Crippen molar-refractivity contribution in [1.82, 2.24) is 9.62 Å². The molecule has 3 aromatic carbocycles. The highest BCUT2D eigenvalue weighted by Crippen LogP contribution is 2.23. The number of nitrogens with one attached hydrogen (secondary N) is 2. The number of rotatable bonds is 7. The highest BCUT2D eigenvalue weighted by Gasteiger charge is 2.27. The van der Waals surface area contributed by atoms with E-state index < -0.39 is 10.0 Å². The molecule has 3 aromatic rings. The summed E-state index contributed by atoms with van der Waals surface area (Å²) in [4.78, 5) is 12.7. The van der Waals surface area contributed by atoms with Crippen LogP contribution in [-0.4, -0.2) is 38.3 Å². The summed E-state index contributed by atoms with van der Waals surface area (Å²) < 4.78 is 27.0. The van der Waals surface area contributed by atoms with Crippen molar-refractivity contribution >= 4 is 32.4 Å². The average molecular weight is 438 g/mol. The third kappa shape index (κ3) is 4.95. The molecule has 2 N–H and O–H groups in total. The second-order valence-electron chi connectivity index (χ2n) is 7.90. The van der Waals surface area contributed by atoms with E-state index >= 15 is 0 Å². The molecule has 1 aliphatic rings. The summed E-state index contributed by atoms with van der Waals surface area (Å²) in [6, 6.07) is 20.9. The van der Waals surface area contributed by atoms with Gasteiger partial charge in [-0.1, -0.05) is 42.5 Å². The normalized spacial score (nSPS) is 15.8. The van der Waals surface area contributed by atoms with E-state index in [1.165, 1.54) is 15.8 Å². The SMILES string of the molecule is C[C@@H](NCC(=O)Nc1cccc(S(=O)(=O)N2CCCC2)c1)c1ccc2ccccc2c1. The van der Waals surface area contributed by atoms with Gasteiger partial charge in [-0.05, 0) is 60.4 Å². The van der Waals surface area contributed by atoms with Gasteiger partial charge in [0.2, 0.25) is 15.9 Å². The maximum Gasteiger partial charge on any atom is 0.243 e. The Morgan fingerprint density at radius 1 is 0.968 bits per heavy atom. The molecule has 1 fully saturated rings. The van der Waals surface area contributed by atoms with E-state index in [9.17, 15) is 13.2 Å². The molecule has 1 aliphatic heterocycles. The molecule has 0 bridgehead atoms.